The number of carbonyl (C=O) groups is 3. The molecule has 0 heterocycles. The normalized spacial score (nSPS) is 12.3. The van der Waals surface area contributed by atoms with Gasteiger partial charge in [0.25, 0.3) is 0 Å². The maximum atomic E-state index is 12.8. The van der Waals surface area contributed by atoms with E-state index in [1.54, 1.807) is 0 Å². The van der Waals surface area contributed by atoms with E-state index in [4.69, 9.17) is 14.2 Å². The fraction of sp³-hybridized carbons (Fsp3) is 0.817. The maximum Gasteiger partial charge on any atom is 0.306 e. The van der Waals surface area contributed by atoms with Gasteiger partial charge in [-0.25, -0.2) is 0 Å². The van der Waals surface area contributed by atoms with Gasteiger partial charge in [0.05, 0.1) is 0 Å². The molecule has 1 unspecified atom stereocenters. The lowest BCUT2D eigenvalue weighted by Crippen LogP contribution is -2.30. The number of allylic oxidation sites excluding steroid dienone is 8. The van der Waals surface area contributed by atoms with Crippen molar-refractivity contribution in [1.82, 2.24) is 0 Å². The van der Waals surface area contributed by atoms with Crippen LogP contribution >= 0.6 is 0 Å². The molecule has 0 aliphatic heterocycles. The summed E-state index contributed by atoms with van der Waals surface area (Å²) >= 11 is 0. The highest BCUT2D eigenvalue weighted by atomic mass is 16.6. The molecule has 66 heavy (non-hydrogen) atoms. The van der Waals surface area contributed by atoms with Crippen LogP contribution in [-0.4, -0.2) is 37.2 Å². The van der Waals surface area contributed by atoms with E-state index in [1.165, 1.54) is 167 Å². The molecule has 0 spiro atoms. The summed E-state index contributed by atoms with van der Waals surface area (Å²) in [6.45, 7) is 6.62. The molecule has 6 nitrogen and oxygen atoms in total. The summed E-state index contributed by atoms with van der Waals surface area (Å²) in [5.74, 6) is -0.894. The zero-order valence-electron chi connectivity index (χ0n) is 44.0. The van der Waals surface area contributed by atoms with E-state index in [1.807, 2.05) is 0 Å². The minimum absolute atomic E-state index is 0.0819. The molecule has 0 amide bonds. The van der Waals surface area contributed by atoms with E-state index in [-0.39, 0.29) is 31.1 Å². The van der Waals surface area contributed by atoms with E-state index >= 15 is 0 Å². The number of carbonyl (C=O) groups excluding carboxylic acids is 3. The number of hydrogen-bond acceptors (Lipinski definition) is 6. The van der Waals surface area contributed by atoms with Gasteiger partial charge < -0.3 is 14.2 Å². The summed E-state index contributed by atoms with van der Waals surface area (Å²) in [5, 5.41) is 0. The van der Waals surface area contributed by atoms with Crippen LogP contribution in [0.5, 0.6) is 0 Å². The van der Waals surface area contributed by atoms with Gasteiger partial charge in [0.15, 0.2) is 6.10 Å². The van der Waals surface area contributed by atoms with Crippen LogP contribution in [0.1, 0.15) is 297 Å². The fourth-order valence-electron chi connectivity index (χ4n) is 8.17. The summed E-state index contributed by atoms with van der Waals surface area (Å²) in [5.41, 5.74) is 0. The Bertz CT molecular complexity index is 1150. The van der Waals surface area contributed by atoms with Crippen LogP contribution in [-0.2, 0) is 28.6 Å². The third-order valence-corrected chi connectivity index (χ3v) is 12.5. The van der Waals surface area contributed by atoms with Crippen molar-refractivity contribution in [3.05, 3.63) is 48.6 Å². The van der Waals surface area contributed by atoms with E-state index in [0.717, 1.165) is 89.9 Å². The standard InChI is InChI=1S/C60H108O6/c1-4-7-10-13-16-19-22-25-28-29-30-33-35-38-41-44-47-50-53-59(62)65-56-57(66-60(63)54-51-48-45-42-39-36-32-27-24-21-18-15-12-9-6-3)55-64-58(61)52-49-46-43-40-37-34-31-26-23-20-17-14-11-8-5-2/h19,22,26-29,31-32,57H,4-18,20-21,23-25,30,33-56H2,1-3H3/b22-19-,29-28-,31-26-,32-27-. The third-order valence-electron chi connectivity index (χ3n) is 12.5. The Morgan fingerprint density at radius 3 is 0.864 bits per heavy atom. The first-order valence-corrected chi connectivity index (χ1v) is 28.6. The molecule has 0 N–H and O–H groups in total. The first kappa shape index (κ1) is 63.4. The van der Waals surface area contributed by atoms with E-state index < -0.39 is 6.10 Å². The Morgan fingerprint density at radius 1 is 0.303 bits per heavy atom. The minimum Gasteiger partial charge on any atom is -0.462 e. The van der Waals surface area contributed by atoms with Crippen molar-refractivity contribution in [2.45, 2.75) is 303 Å². The molecule has 0 fully saturated rings. The SMILES string of the molecule is CCCCCC/C=C\C/C=C\CCCCCCCCCC(=O)OCC(COC(=O)CCCCCCC/C=C\CCCCCCCC)OC(=O)CCCCCCC/C=C\CCCCCCCC. The lowest BCUT2D eigenvalue weighted by Gasteiger charge is -2.18. The van der Waals surface area contributed by atoms with Gasteiger partial charge in [-0.2, -0.15) is 0 Å². The van der Waals surface area contributed by atoms with Gasteiger partial charge in [0, 0.05) is 19.3 Å². The quantitative estimate of drug-likeness (QED) is 0.0262. The second kappa shape index (κ2) is 55.0. The molecule has 0 aromatic rings. The molecule has 0 aliphatic carbocycles. The van der Waals surface area contributed by atoms with Crippen molar-refractivity contribution >= 4 is 17.9 Å². The average molecular weight is 926 g/mol. The lowest BCUT2D eigenvalue weighted by atomic mass is 10.1. The summed E-state index contributed by atoms with van der Waals surface area (Å²) < 4.78 is 16.9. The Balaban J connectivity index is 4.39. The van der Waals surface area contributed by atoms with Gasteiger partial charge in [-0.15, -0.1) is 0 Å². The summed E-state index contributed by atoms with van der Waals surface area (Å²) in [6, 6.07) is 0. The van der Waals surface area contributed by atoms with E-state index in [0.29, 0.717) is 19.3 Å². The molecule has 0 aromatic carbocycles. The monoisotopic (exact) mass is 925 g/mol. The van der Waals surface area contributed by atoms with Gasteiger partial charge in [0.2, 0.25) is 0 Å². The van der Waals surface area contributed by atoms with E-state index in [9.17, 15) is 14.4 Å². The zero-order chi connectivity index (χ0) is 47.9. The topological polar surface area (TPSA) is 78.9 Å². The third kappa shape index (κ3) is 52.3. The molecule has 0 bridgehead atoms. The van der Waals surface area contributed by atoms with Crippen molar-refractivity contribution in [1.29, 1.82) is 0 Å². The van der Waals surface area contributed by atoms with Crippen LogP contribution in [0.25, 0.3) is 0 Å². The van der Waals surface area contributed by atoms with Gasteiger partial charge in [-0.1, -0.05) is 223 Å². The van der Waals surface area contributed by atoms with Crippen LogP contribution < -0.4 is 0 Å². The molecule has 0 radical (unpaired) electrons. The first-order chi connectivity index (χ1) is 32.5. The molecule has 1 atom stereocenters. The number of hydrogen-bond donors (Lipinski definition) is 0. The van der Waals surface area contributed by atoms with E-state index in [2.05, 4.69) is 69.4 Å². The Kier molecular flexibility index (Phi) is 52.8. The molecule has 0 saturated carbocycles. The molecule has 0 rings (SSSR count). The molecule has 0 aliphatic rings. The smallest absolute Gasteiger partial charge is 0.306 e. The molecule has 384 valence electrons. The summed E-state index contributed by atoms with van der Waals surface area (Å²) in [7, 11) is 0. The Labute approximate surface area is 409 Å². The van der Waals surface area contributed by atoms with Crippen molar-refractivity contribution in [2.75, 3.05) is 13.2 Å². The molecule has 6 heteroatoms. The Morgan fingerprint density at radius 2 is 0.545 bits per heavy atom. The van der Waals surface area contributed by atoms with Crippen LogP contribution in [0.3, 0.4) is 0 Å². The van der Waals surface area contributed by atoms with Crippen molar-refractivity contribution in [2.24, 2.45) is 0 Å². The lowest BCUT2D eigenvalue weighted by molar-refractivity contribution is -0.167. The van der Waals surface area contributed by atoms with Crippen molar-refractivity contribution in [3.8, 4) is 0 Å². The van der Waals surface area contributed by atoms with Crippen LogP contribution in [0.15, 0.2) is 48.6 Å². The number of esters is 3. The number of unbranched alkanes of at least 4 members (excludes halogenated alkanes) is 33. The highest BCUT2D eigenvalue weighted by Crippen LogP contribution is 2.15. The predicted molar refractivity (Wildman–Crippen MR) is 284 cm³/mol. The molecular formula is C60H108O6. The van der Waals surface area contributed by atoms with Crippen molar-refractivity contribution in [3.63, 3.8) is 0 Å². The summed E-state index contributed by atoms with van der Waals surface area (Å²) in [4.78, 5) is 38.1. The van der Waals surface area contributed by atoms with Crippen LogP contribution in [0.2, 0.25) is 0 Å². The highest BCUT2D eigenvalue weighted by Gasteiger charge is 2.19. The van der Waals surface area contributed by atoms with Gasteiger partial charge in [-0.05, 0) is 103 Å². The Hall–Kier alpha value is -2.63. The minimum atomic E-state index is -0.783. The molecule has 0 aromatic heterocycles. The van der Waals surface area contributed by atoms with Gasteiger partial charge >= 0.3 is 17.9 Å². The predicted octanol–water partition coefficient (Wildman–Crippen LogP) is 19.0. The average Bonchev–Trinajstić information content (AvgIpc) is 3.31. The maximum absolute atomic E-state index is 12.8. The van der Waals surface area contributed by atoms with Crippen LogP contribution in [0, 0.1) is 0 Å². The zero-order valence-corrected chi connectivity index (χ0v) is 44.0. The summed E-state index contributed by atoms with van der Waals surface area (Å²) in [6.07, 6.45) is 66.6. The molecule has 0 saturated heterocycles. The van der Waals surface area contributed by atoms with Crippen molar-refractivity contribution < 1.29 is 28.6 Å². The number of rotatable bonds is 52. The second-order valence-corrected chi connectivity index (χ2v) is 19.2. The largest absolute Gasteiger partial charge is 0.462 e. The second-order valence-electron chi connectivity index (χ2n) is 19.2. The van der Waals surface area contributed by atoms with Crippen LogP contribution in [0.4, 0.5) is 0 Å². The fourth-order valence-corrected chi connectivity index (χ4v) is 8.17. The van der Waals surface area contributed by atoms with Gasteiger partial charge in [0.1, 0.15) is 13.2 Å². The number of ether oxygens (including phenoxy) is 3. The first-order valence-electron chi connectivity index (χ1n) is 28.6. The highest BCUT2D eigenvalue weighted by molar-refractivity contribution is 5.71. The molecular weight excluding hydrogens is 817 g/mol. The van der Waals surface area contributed by atoms with Gasteiger partial charge in [-0.3, -0.25) is 14.4 Å².